The lowest BCUT2D eigenvalue weighted by atomic mass is 9.94. The van der Waals surface area contributed by atoms with Gasteiger partial charge in [-0.15, -0.1) is 0 Å². The largest absolute Gasteiger partial charge is 0.508 e. The van der Waals surface area contributed by atoms with Crippen LogP contribution in [0.5, 0.6) is 5.75 Å². The molecule has 156 valence electrons. The molecule has 7 nitrogen and oxygen atoms in total. The molecule has 4 aromatic rings. The van der Waals surface area contributed by atoms with Crippen LogP contribution in [0.15, 0.2) is 60.7 Å². The first-order chi connectivity index (χ1) is 15.1. The second-order valence-corrected chi connectivity index (χ2v) is 7.89. The van der Waals surface area contributed by atoms with Crippen LogP contribution in [0.4, 0.5) is 0 Å². The summed E-state index contributed by atoms with van der Waals surface area (Å²) in [4.78, 5) is 18.1. The quantitative estimate of drug-likeness (QED) is 0.412. The van der Waals surface area contributed by atoms with E-state index in [1.165, 1.54) is 5.56 Å². The zero-order chi connectivity index (χ0) is 21.4. The van der Waals surface area contributed by atoms with E-state index in [0.717, 1.165) is 23.2 Å². The Morgan fingerprint density at radius 3 is 2.65 bits per heavy atom. The standard InChI is InChI=1S/C24H23N5O2/c1-14-22-18(11-20(26-23(22)29-28-14)16-7-9-17(30)10-8-16)24(31)27-21-13-25-12-19(21)15-5-3-2-4-6-15/h2-11,19,21,25,30H,12-13H2,1H3,(H,27,31)(H,26,28,29). The molecule has 1 saturated heterocycles. The maximum Gasteiger partial charge on any atom is 0.252 e. The van der Waals surface area contributed by atoms with Crippen molar-refractivity contribution in [3.63, 3.8) is 0 Å². The molecular weight excluding hydrogens is 390 g/mol. The van der Waals surface area contributed by atoms with Crippen LogP contribution in [-0.4, -0.2) is 45.3 Å². The van der Waals surface area contributed by atoms with E-state index in [-0.39, 0.29) is 23.6 Å². The summed E-state index contributed by atoms with van der Waals surface area (Å²) in [5.74, 6) is 0.247. The first-order valence-corrected chi connectivity index (χ1v) is 10.3. The molecule has 0 spiro atoms. The average molecular weight is 413 g/mol. The number of nitrogens with one attached hydrogen (secondary N) is 3. The average Bonchev–Trinajstić information content (AvgIpc) is 3.41. The topological polar surface area (TPSA) is 103 Å². The fraction of sp³-hybridized carbons (Fsp3) is 0.208. The summed E-state index contributed by atoms with van der Waals surface area (Å²) in [5.41, 5.74) is 4.50. The number of aryl methyl sites for hydroxylation is 1. The van der Waals surface area contributed by atoms with Gasteiger partial charge < -0.3 is 15.7 Å². The summed E-state index contributed by atoms with van der Waals surface area (Å²) in [5, 5.41) is 24.1. The molecule has 4 N–H and O–H groups in total. The van der Waals surface area contributed by atoms with E-state index in [1.54, 1.807) is 30.3 Å². The van der Waals surface area contributed by atoms with E-state index in [0.29, 0.717) is 23.4 Å². The molecule has 3 heterocycles. The number of aromatic hydroxyl groups is 1. The van der Waals surface area contributed by atoms with E-state index in [1.807, 2.05) is 25.1 Å². The number of benzene rings is 2. The maximum absolute atomic E-state index is 13.4. The van der Waals surface area contributed by atoms with Gasteiger partial charge in [0.05, 0.1) is 22.3 Å². The SMILES string of the molecule is Cc1n[nH]c2nc(-c3ccc(O)cc3)cc(C(=O)NC3CNCC3c3ccccc3)c12. The van der Waals surface area contributed by atoms with Crippen LogP contribution in [0.1, 0.15) is 27.5 Å². The summed E-state index contributed by atoms with van der Waals surface area (Å²) in [6.07, 6.45) is 0. The van der Waals surface area contributed by atoms with Crippen molar-refractivity contribution in [2.45, 2.75) is 18.9 Å². The Morgan fingerprint density at radius 2 is 1.87 bits per heavy atom. The number of hydrogen-bond acceptors (Lipinski definition) is 5. The number of hydrogen-bond donors (Lipinski definition) is 4. The van der Waals surface area contributed by atoms with Crippen LogP contribution in [0.25, 0.3) is 22.3 Å². The molecule has 2 atom stereocenters. The van der Waals surface area contributed by atoms with Gasteiger partial charge in [0.15, 0.2) is 5.65 Å². The van der Waals surface area contributed by atoms with Gasteiger partial charge in [-0.05, 0) is 42.8 Å². The molecule has 1 fully saturated rings. The Morgan fingerprint density at radius 1 is 1.10 bits per heavy atom. The summed E-state index contributed by atoms with van der Waals surface area (Å²) in [6.45, 7) is 3.40. The van der Waals surface area contributed by atoms with Crippen LogP contribution in [0, 0.1) is 6.92 Å². The zero-order valence-corrected chi connectivity index (χ0v) is 17.1. The smallest absolute Gasteiger partial charge is 0.252 e. The number of H-pyrrole nitrogens is 1. The van der Waals surface area contributed by atoms with Crippen molar-refractivity contribution in [3.05, 3.63) is 77.5 Å². The Kier molecular flexibility index (Phi) is 4.88. The molecule has 1 amide bonds. The Bertz CT molecular complexity index is 1230. The number of phenolic OH excluding ortho intramolecular Hbond substituents is 1. The number of carbonyl (C=O) groups is 1. The van der Waals surface area contributed by atoms with Gasteiger partial charge in [0, 0.05) is 30.6 Å². The second-order valence-electron chi connectivity index (χ2n) is 7.89. The number of fused-ring (bicyclic) bond motifs is 1. The van der Waals surface area contributed by atoms with E-state index in [2.05, 4.69) is 37.9 Å². The number of rotatable bonds is 4. The van der Waals surface area contributed by atoms with Gasteiger partial charge in [0.25, 0.3) is 5.91 Å². The van der Waals surface area contributed by atoms with Crippen molar-refractivity contribution >= 4 is 16.9 Å². The minimum absolute atomic E-state index is 0.0116. The molecule has 0 aliphatic carbocycles. The highest BCUT2D eigenvalue weighted by molar-refractivity contribution is 6.07. The zero-order valence-electron chi connectivity index (χ0n) is 17.1. The highest BCUT2D eigenvalue weighted by Crippen LogP contribution is 2.28. The fourth-order valence-corrected chi connectivity index (χ4v) is 4.27. The van der Waals surface area contributed by atoms with Gasteiger partial charge >= 0.3 is 0 Å². The Labute approximate surface area is 179 Å². The van der Waals surface area contributed by atoms with Gasteiger partial charge in [-0.2, -0.15) is 5.10 Å². The summed E-state index contributed by atoms with van der Waals surface area (Å²) in [6, 6.07) is 18.8. The summed E-state index contributed by atoms with van der Waals surface area (Å²) < 4.78 is 0. The van der Waals surface area contributed by atoms with Crippen LogP contribution in [-0.2, 0) is 0 Å². The van der Waals surface area contributed by atoms with Gasteiger partial charge in [-0.25, -0.2) is 4.98 Å². The molecule has 2 aromatic carbocycles. The molecule has 1 aliphatic rings. The van der Waals surface area contributed by atoms with Crippen molar-refractivity contribution in [2.75, 3.05) is 13.1 Å². The predicted molar refractivity (Wildman–Crippen MR) is 119 cm³/mol. The van der Waals surface area contributed by atoms with Crippen molar-refractivity contribution in [1.29, 1.82) is 0 Å². The number of phenols is 1. The first-order valence-electron chi connectivity index (χ1n) is 10.3. The number of aromatic amines is 1. The molecule has 0 bridgehead atoms. The van der Waals surface area contributed by atoms with Crippen LogP contribution in [0.2, 0.25) is 0 Å². The fourth-order valence-electron chi connectivity index (χ4n) is 4.27. The number of nitrogens with zero attached hydrogens (tertiary/aromatic N) is 2. The Balaban J connectivity index is 1.50. The van der Waals surface area contributed by atoms with Crippen LogP contribution in [0.3, 0.4) is 0 Å². The van der Waals surface area contributed by atoms with Crippen LogP contribution < -0.4 is 10.6 Å². The highest BCUT2D eigenvalue weighted by atomic mass is 16.3. The molecule has 31 heavy (non-hydrogen) atoms. The van der Waals surface area contributed by atoms with Crippen molar-refractivity contribution in [1.82, 2.24) is 25.8 Å². The van der Waals surface area contributed by atoms with Gasteiger partial charge in [-0.3, -0.25) is 9.89 Å². The molecule has 5 rings (SSSR count). The summed E-state index contributed by atoms with van der Waals surface area (Å²) >= 11 is 0. The summed E-state index contributed by atoms with van der Waals surface area (Å²) in [7, 11) is 0. The monoisotopic (exact) mass is 413 g/mol. The maximum atomic E-state index is 13.4. The first kappa shape index (κ1) is 19.3. The third-order valence-corrected chi connectivity index (χ3v) is 5.88. The number of aromatic nitrogens is 3. The highest BCUT2D eigenvalue weighted by Gasteiger charge is 2.30. The van der Waals surface area contributed by atoms with Gasteiger partial charge in [-0.1, -0.05) is 30.3 Å². The Hall–Kier alpha value is -3.71. The van der Waals surface area contributed by atoms with Crippen molar-refractivity contribution in [3.8, 4) is 17.0 Å². The molecular formula is C24H23N5O2. The molecule has 7 heteroatoms. The van der Waals surface area contributed by atoms with Crippen LogP contribution >= 0.6 is 0 Å². The third kappa shape index (κ3) is 3.64. The van der Waals surface area contributed by atoms with Crippen molar-refractivity contribution in [2.24, 2.45) is 0 Å². The predicted octanol–water partition coefficient (Wildman–Crippen LogP) is 3.12. The second kappa shape index (κ2) is 7.85. The lowest BCUT2D eigenvalue weighted by molar-refractivity contribution is 0.0938. The minimum Gasteiger partial charge on any atom is -0.508 e. The van der Waals surface area contributed by atoms with Gasteiger partial charge in [0.2, 0.25) is 0 Å². The van der Waals surface area contributed by atoms with E-state index in [4.69, 9.17) is 0 Å². The van der Waals surface area contributed by atoms with E-state index < -0.39 is 0 Å². The van der Waals surface area contributed by atoms with E-state index in [9.17, 15) is 9.90 Å². The molecule has 1 aliphatic heterocycles. The van der Waals surface area contributed by atoms with Gasteiger partial charge in [0.1, 0.15) is 5.75 Å². The normalized spacial score (nSPS) is 18.4. The number of amides is 1. The number of carbonyl (C=O) groups excluding carboxylic acids is 1. The lowest BCUT2D eigenvalue weighted by Gasteiger charge is -2.21. The molecule has 0 saturated carbocycles. The van der Waals surface area contributed by atoms with Crippen molar-refractivity contribution < 1.29 is 9.90 Å². The third-order valence-electron chi connectivity index (χ3n) is 5.88. The number of pyridine rings is 1. The molecule has 0 radical (unpaired) electrons. The molecule has 2 aromatic heterocycles. The minimum atomic E-state index is -0.147. The van der Waals surface area contributed by atoms with E-state index >= 15 is 0 Å². The lowest BCUT2D eigenvalue weighted by Crippen LogP contribution is -2.39. The molecule has 2 unspecified atom stereocenters.